The van der Waals surface area contributed by atoms with Gasteiger partial charge in [0.2, 0.25) is 0 Å². The predicted molar refractivity (Wildman–Crippen MR) is 88.9 cm³/mol. The van der Waals surface area contributed by atoms with E-state index in [-0.39, 0.29) is 0 Å². The number of carbonyl (C=O) groups excluding carboxylic acids is 1. The van der Waals surface area contributed by atoms with Gasteiger partial charge < -0.3 is 21.3 Å². The molecule has 0 saturated heterocycles. The molecule has 24 heavy (non-hydrogen) atoms. The molecule has 0 saturated carbocycles. The number of hydrazine groups is 1. The number of nitrogens with zero attached hydrogens (tertiary/aromatic N) is 1. The van der Waals surface area contributed by atoms with Crippen LogP contribution >= 0.6 is 0 Å². The third kappa shape index (κ3) is 9.05. The normalized spacial score (nSPS) is 9.75. The molecule has 0 spiro atoms. The van der Waals surface area contributed by atoms with Gasteiger partial charge in [-0.15, -0.1) is 0 Å². The maximum Gasteiger partial charge on any atom is 0.322 e. The van der Waals surface area contributed by atoms with Crippen LogP contribution in [-0.4, -0.2) is 34.6 Å². The highest BCUT2D eigenvalue weighted by atomic mass is 16.4. The van der Waals surface area contributed by atoms with Gasteiger partial charge in [0.05, 0.1) is 5.69 Å². The zero-order chi connectivity index (χ0) is 18.5. The van der Waals surface area contributed by atoms with Gasteiger partial charge in [0.1, 0.15) is 6.54 Å². The quantitative estimate of drug-likeness (QED) is 0.354. The van der Waals surface area contributed by atoms with Crippen LogP contribution in [0.1, 0.15) is 30.1 Å². The van der Waals surface area contributed by atoms with Crippen molar-refractivity contribution in [1.82, 2.24) is 5.32 Å². The Morgan fingerprint density at radius 2 is 1.75 bits per heavy atom. The number of rotatable bonds is 7. The lowest BCUT2D eigenvalue weighted by Crippen LogP contribution is -2.29. The molecule has 0 aliphatic heterocycles. The molecule has 0 aromatic heterocycles. The van der Waals surface area contributed by atoms with Crippen LogP contribution in [0.5, 0.6) is 0 Å². The molecule has 132 valence electrons. The minimum absolute atomic E-state index is 0.292. The van der Waals surface area contributed by atoms with Crippen molar-refractivity contribution < 1.29 is 24.6 Å². The van der Waals surface area contributed by atoms with E-state index in [2.05, 4.69) is 5.32 Å². The standard InChI is InChI=1S/C11H14N4O3.C4H8O2/c12-5-6-15(13)9-3-1-8(2-4-9)11(18)14-7-10(16)17;1-2-3-4(5)6/h1-6H,7,12-13H2,(H,14,18)(H,16,17);2-3H2,1H3,(H,5,6)/b6-5-;. The molecule has 1 aromatic carbocycles. The van der Waals surface area contributed by atoms with Crippen LogP contribution < -0.4 is 21.9 Å². The molecular weight excluding hydrogens is 316 g/mol. The van der Waals surface area contributed by atoms with Gasteiger partial charge in [0.15, 0.2) is 0 Å². The first kappa shape index (κ1) is 20.9. The average Bonchev–Trinajstić information content (AvgIpc) is 2.53. The van der Waals surface area contributed by atoms with E-state index >= 15 is 0 Å². The highest BCUT2D eigenvalue weighted by Crippen LogP contribution is 2.12. The number of anilines is 1. The summed E-state index contributed by atoms with van der Waals surface area (Å²) in [6.45, 7) is 1.42. The molecule has 7 N–H and O–H groups in total. The van der Waals surface area contributed by atoms with E-state index in [1.807, 2.05) is 6.92 Å². The van der Waals surface area contributed by atoms with E-state index in [0.29, 0.717) is 17.7 Å². The van der Waals surface area contributed by atoms with Gasteiger partial charge in [-0.2, -0.15) is 0 Å². The molecule has 0 atom stereocenters. The fraction of sp³-hybridized carbons (Fsp3) is 0.267. The Kier molecular flexibility index (Phi) is 10.0. The lowest BCUT2D eigenvalue weighted by Gasteiger charge is -2.13. The van der Waals surface area contributed by atoms with Crippen LogP contribution in [0.2, 0.25) is 0 Å². The van der Waals surface area contributed by atoms with Crippen molar-refractivity contribution >= 4 is 23.5 Å². The number of aliphatic carboxylic acids is 2. The van der Waals surface area contributed by atoms with Crippen LogP contribution in [0.4, 0.5) is 5.69 Å². The van der Waals surface area contributed by atoms with Gasteiger partial charge in [0.25, 0.3) is 5.91 Å². The largest absolute Gasteiger partial charge is 0.481 e. The summed E-state index contributed by atoms with van der Waals surface area (Å²) in [6, 6.07) is 6.32. The fourth-order valence-electron chi connectivity index (χ4n) is 1.44. The number of nitrogens with two attached hydrogens (primary N) is 2. The first-order chi connectivity index (χ1) is 11.3. The van der Waals surface area contributed by atoms with Crippen LogP contribution in [0.15, 0.2) is 36.7 Å². The minimum Gasteiger partial charge on any atom is -0.481 e. The van der Waals surface area contributed by atoms with E-state index in [0.717, 1.165) is 6.42 Å². The maximum absolute atomic E-state index is 11.5. The average molecular weight is 338 g/mol. The summed E-state index contributed by atoms with van der Waals surface area (Å²) in [7, 11) is 0. The van der Waals surface area contributed by atoms with Crippen LogP contribution in [-0.2, 0) is 9.59 Å². The molecule has 0 radical (unpaired) electrons. The van der Waals surface area contributed by atoms with Crippen LogP contribution in [0.3, 0.4) is 0 Å². The Labute approximate surface area is 139 Å². The molecule has 0 aliphatic carbocycles. The Hall–Kier alpha value is -3.07. The van der Waals surface area contributed by atoms with Gasteiger partial charge in [0, 0.05) is 24.4 Å². The van der Waals surface area contributed by atoms with Crippen LogP contribution in [0, 0.1) is 0 Å². The van der Waals surface area contributed by atoms with Crippen molar-refractivity contribution in [2.24, 2.45) is 11.6 Å². The summed E-state index contributed by atoms with van der Waals surface area (Å²) in [5.74, 6) is 3.35. The van der Waals surface area contributed by atoms with Crippen LogP contribution in [0.25, 0.3) is 0 Å². The molecule has 0 fully saturated rings. The number of benzene rings is 1. The topological polar surface area (TPSA) is 159 Å². The smallest absolute Gasteiger partial charge is 0.322 e. The van der Waals surface area contributed by atoms with Crippen molar-refractivity contribution in [3.05, 3.63) is 42.2 Å². The van der Waals surface area contributed by atoms with Gasteiger partial charge >= 0.3 is 11.9 Å². The third-order valence-corrected chi connectivity index (χ3v) is 2.54. The first-order valence-corrected chi connectivity index (χ1v) is 7.06. The molecule has 1 amide bonds. The summed E-state index contributed by atoms with van der Waals surface area (Å²) in [6.07, 6.45) is 3.77. The number of carbonyl (C=O) groups is 3. The monoisotopic (exact) mass is 338 g/mol. The number of amides is 1. The molecule has 9 heteroatoms. The van der Waals surface area contributed by atoms with E-state index in [1.165, 1.54) is 29.5 Å². The Morgan fingerprint density at radius 1 is 1.17 bits per heavy atom. The summed E-state index contributed by atoms with van der Waals surface area (Å²) in [4.78, 5) is 31.4. The van der Waals surface area contributed by atoms with Gasteiger partial charge in [-0.05, 0) is 30.7 Å². The second kappa shape index (κ2) is 11.5. The van der Waals surface area contributed by atoms with E-state index < -0.39 is 24.4 Å². The Bertz CT molecular complexity index is 572. The second-order valence-electron chi connectivity index (χ2n) is 4.52. The van der Waals surface area contributed by atoms with Gasteiger partial charge in [-0.1, -0.05) is 6.92 Å². The number of carboxylic acid groups (broad SMARTS) is 2. The summed E-state index contributed by atoms with van der Waals surface area (Å²) < 4.78 is 0. The van der Waals surface area contributed by atoms with Crippen molar-refractivity contribution in [2.75, 3.05) is 11.6 Å². The molecular formula is C15H22N4O5. The molecule has 9 nitrogen and oxygen atoms in total. The van der Waals surface area contributed by atoms with E-state index in [9.17, 15) is 14.4 Å². The highest BCUT2D eigenvalue weighted by molar-refractivity contribution is 5.96. The summed E-state index contributed by atoms with van der Waals surface area (Å²) in [5, 5.41) is 19.9. The zero-order valence-electron chi connectivity index (χ0n) is 13.3. The highest BCUT2D eigenvalue weighted by Gasteiger charge is 2.07. The molecule has 0 unspecified atom stereocenters. The van der Waals surface area contributed by atoms with E-state index in [4.69, 9.17) is 21.8 Å². The first-order valence-electron chi connectivity index (χ1n) is 7.06. The van der Waals surface area contributed by atoms with Crippen molar-refractivity contribution in [3.8, 4) is 0 Å². The van der Waals surface area contributed by atoms with Crippen molar-refractivity contribution in [2.45, 2.75) is 19.8 Å². The molecule has 1 aromatic rings. The van der Waals surface area contributed by atoms with Crippen molar-refractivity contribution in [1.29, 1.82) is 0 Å². The summed E-state index contributed by atoms with van der Waals surface area (Å²) in [5.41, 5.74) is 6.19. The number of hydrogen-bond donors (Lipinski definition) is 5. The summed E-state index contributed by atoms with van der Waals surface area (Å²) >= 11 is 0. The Balaban J connectivity index is 0.000000754. The molecule has 0 bridgehead atoms. The van der Waals surface area contributed by atoms with Gasteiger partial charge in [-0.3, -0.25) is 19.4 Å². The Morgan fingerprint density at radius 3 is 2.12 bits per heavy atom. The maximum atomic E-state index is 11.5. The number of hydrogen-bond acceptors (Lipinski definition) is 6. The second-order valence-corrected chi connectivity index (χ2v) is 4.52. The van der Waals surface area contributed by atoms with Gasteiger partial charge in [-0.25, -0.2) is 5.84 Å². The third-order valence-electron chi connectivity index (χ3n) is 2.54. The molecule has 1 rings (SSSR count). The van der Waals surface area contributed by atoms with Crippen molar-refractivity contribution in [3.63, 3.8) is 0 Å². The SMILES string of the molecule is CCCC(=O)O.N/C=C\N(N)c1ccc(C(=O)NCC(=O)O)cc1. The number of nitrogens with one attached hydrogen (secondary N) is 1. The van der Waals surface area contributed by atoms with E-state index in [1.54, 1.807) is 12.1 Å². The molecule has 0 aliphatic rings. The zero-order valence-corrected chi connectivity index (χ0v) is 13.3. The fourth-order valence-corrected chi connectivity index (χ4v) is 1.44. The lowest BCUT2D eigenvalue weighted by molar-refractivity contribution is -0.137. The lowest BCUT2D eigenvalue weighted by atomic mass is 10.2. The molecule has 0 heterocycles. The minimum atomic E-state index is -1.10. The number of carboxylic acids is 2. The predicted octanol–water partition coefficient (Wildman–Crippen LogP) is 0.482.